The van der Waals surface area contributed by atoms with E-state index < -0.39 is 11.4 Å². The van der Waals surface area contributed by atoms with Crippen LogP contribution < -0.4 is 19.7 Å². The predicted octanol–water partition coefficient (Wildman–Crippen LogP) is 4.54. The van der Waals surface area contributed by atoms with E-state index in [1.807, 2.05) is 43.3 Å². The summed E-state index contributed by atoms with van der Waals surface area (Å²) in [7, 11) is 0. The molecule has 1 aliphatic heterocycles. The van der Waals surface area contributed by atoms with Crippen LogP contribution in [-0.4, -0.2) is 57.7 Å². The van der Waals surface area contributed by atoms with E-state index in [2.05, 4.69) is 25.2 Å². The number of carboxylic acids is 1. The average molecular weight is 548 g/mol. The predicted molar refractivity (Wildman–Crippen MR) is 152 cm³/mol. The van der Waals surface area contributed by atoms with Gasteiger partial charge in [0.25, 0.3) is 5.88 Å². The smallest absolute Gasteiger partial charge is 0.309 e. The van der Waals surface area contributed by atoms with Crippen molar-refractivity contribution >= 4 is 23.5 Å². The number of nitrogens with one attached hydrogen (secondary N) is 1. The maximum absolute atomic E-state index is 12.7. The lowest BCUT2D eigenvalue weighted by molar-refractivity contribution is -0.146. The number of aliphatic carboxylic acids is 1. The Morgan fingerprint density at radius 1 is 1.18 bits per heavy atom. The number of hydrogen-bond donors (Lipinski definition) is 2. The topological polar surface area (TPSA) is 127 Å². The molecule has 1 amide bonds. The Bertz CT molecular complexity index is 1310. The Morgan fingerprint density at radius 3 is 2.80 bits per heavy atom. The van der Waals surface area contributed by atoms with Crippen LogP contribution in [0, 0.1) is 5.41 Å². The number of piperidine rings is 1. The van der Waals surface area contributed by atoms with Crippen molar-refractivity contribution in [3.63, 3.8) is 0 Å². The minimum absolute atomic E-state index is 0.0836. The molecule has 3 aromatic rings. The van der Waals surface area contributed by atoms with Crippen LogP contribution in [0.15, 0.2) is 55.0 Å². The lowest BCUT2D eigenvalue weighted by atomic mass is 9.85. The molecule has 10 heteroatoms. The number of amides is 1. The van der Waals surface area contributed by atoms with Crippen molar-refractivity contribution < 1.29 is 24.2 Å². The van der Waals surface area contributed by atoms with E-state index in [0.717, 1.165) is 30.5 Å². The third kappa shape index (κ3) is 7.91. The second-order valence-electron chi connectivity index (χ2n) is 10.6. The summed E-state index contributed by atoms with van der Waals surface area (Å²) in [5.41, 5.74) is 1.06. The second-order valence-corrected chi connectivity index (χ2v) is 10.6. The Morgan fingerprint density at radius 2 is 2.00 bits per heavy atom. The van der Waals surface area contributed by atoms with Gasteiger partial charge in [0.1, 0.15) is 11.9 Å². The number of benzene rings is 1. The molecule has 2 N–H and O–H groups in total. The maximum atomic E-state index is 12.7. The average Bonchev–Trinajstić information content (AvgIpc) is 2.93. The fourth-order valence-corrected chi connectivity index (χ4v) is 4.64. The molecule has 4 rings (SSSR count). The fourth-order valence-electron chi connectivity index (χ4n) is 4.64. The molecule has 0 unspecified atom stereocenters. The quantitative estimate of drug-likeness (QED) is 0.336. The van der Waals surface area contributed by atoms with Gasteiger partial charge < -0.3 is 24.8 Å². The van der Waals surface area contributed by atoms with Gasteiger partial charge in [0.2, 0.25) is 5.91 Å². The van der Waals surface area contributed by atoms with Crippen LogP contribution in [0.3, 0.4) is 0 Å². The monoisotopic (exact) mass is 547 g/mol. The molecule has 0 spiro atoms. The lowest BCUT2D eigenvalue weighted by Crippen LogP contribution is -2.41. The molecule has 0 saturated carbocycles. The van der Waals surface area contributed by atoms with Crippen molar-refractivity contribution in [1.29, 1.82) is 0 Å². The van der Waals surface area contributed by atoms with Gasteiger partial charge >= 0.3 is 5.97 Å². The number of aromatic nitrogens is 3. The number of anilines is 2. The molecule has 0 aliphatic carbocycles. The number of pyridine rings is 1. The SMILES string of the molecule is CCOc1cccnc1O[C@@H]1CCCN(c2cncc(NC(=O)CCc3cccc(CC(C)(C)C(=O)O)c3)n2)C1. The van der Waals surface area contributed by atoms with Gasteiger partial charge in [-0.15, -0.1) is 0 Å². The zero-order valence-electron chi connectivity index (χ0n) is 23.3. The third-order valence-electron chi connectivity index (χ3n) is 6.76. The van der Waals surface area contributed by atoms with Gasteiger partial charge in [0, 0.05) is 19.2 Å². The highest BCUT2D eigenvalue weighted by atomic mass is 16.5. The highest BCUT2D eigenvalue weighted by Crippen LogP contribution is 2.28. The fraction of sp³-hybridized carbons (Fsp3) is 0.433. The summed E-state index contributed by atoms with van der Waals surface area (Å²) in [4.78, 5) is 39.5. The molecule has 212 valence electrons. The summed E-state index contributed by atoms with van der Waals surface area (Å²) >= 11 is 0. The molecule has 3 heterocycles. The Balaban J connectivity index is 1.32. The number of ether oxygens (including phenoxy) is 2. The highest BCUT2D eigenvalue weighted by molar-refractivity contribution is 5.89. The first-order valence-corrected chi connectivity index (χ1v) is 13.7. The maximum Gasteiger partial charge on any atom is 0.309 e. The van der Waals surface area contributed by atoms with Gasteiger partial charge in [0.15, 0.2) is 11.6 Å². The molecule has 0 radical (unpaired) electrons. The standard InChI is InChI=1S/C30H37N5O5/c1-4-39-24-11-6-14-32-28(24)40-23-10-7-15-35(20-23)26-19-31-18-25(33-26)34-27(36)13-12-21-8-5-9-22(16-21)17-30(2,3)29(37)38/h5-6,8-9,11,14,16,18-19,23H,4,7,10,12-13,15,17,20H2,1-3H3,(H,37,38)(H,33,34,36)/t23-/m1/s1. The summed E-state index contributed by atoms with van der Waals surface area (Å²) in [6.07, 6.45) is 7.85. The molecule has 0 bridgehead atoms. The van der Waals surface area contributed by atoms with Gasteiger partial charge in [-0.2, -0.15) is 0 Å². The number of nitrogens with zero attached hydrogens (tertiary/aromatic N) is 4. The molecule has 1 saturated heterocycles. The summed E-state index contributed by atoms with van der Waals surface area (Å²) in [5.74, 6) is 1.18. The van der Waals surface area contributed by atoms with E-state index in [-0.39, 0.29) is 18.4 Å². The van der Waals surface area contributed by atoms with Crippen LogP contribution in [0.4, 0.5) is 11.6 Å². The molecule has 2 aromatic heterocycles. The Hall–Kier alpha value is -4.21. The number of carboxylic acid groups (broad SMARTS) is 1. The number of rotatable bonds is 12. The molecular formula is C30H37N5O5. The van der Waals surface area contributed by atoms with Crippen molar-refractivity contribution in [2.75, 3.05) is 29.9 Å². The number of aryl methyl sites for hydroxylation is 1. The van der Waals surface area contributed by atoms with Crippen LogP contribution in [0.1, 0.15) is 51.2 Å². The number of hydrogen-bond acceptors (Lipinski definition) is 8. The van der Waals surface area contributed by atoms with E-state index in [4.69, 9.17) is 9.47 Å². The van der Waals surface area contributed by atoms with Crippen LogP contribution in [0.2, 0.25) is 0 Å². The van der Waals surface area contributed by atoms with Crippen LogP contribution >= 0.6 is 0 Å². The van der Waals surface area contributed by atoms with Crippen molar-refractivity contribution in [1.82, 2.24) is 15.0 Å². The van der Waals surface area contributed by atoms with E-state index in [0.29, 0.717) is 49.3 Å². The normalized spacial score (nSPS) is 15.4. The largest absolute Gasteiger partial charge is 0.488 e. The van der Waals surface area contributed by atoms with E-state index >= 15 is 0 Å². The third-order valence-corrected chi connectivity index (χ3v) is 6.76. The summed E-state index contributed by atoms with van der Waals surface area (Å²) in [6.45, 7) is 7.29. The summed E-state index contributed by atoms with van der Waals surface area (Å²) in [5, 5.41) is 12.3. The zero-order chi connectivity index (χ0) is 28.5. The van der Waals surface area contributed by atoms with Gasteiger partial charge in [-0.3, -0.25) is 14.6 Å². The van der Waals surface area contributed by atoms with Crippen molar-refractivity contribution in [3.8, 4) is 11.6 Å². The Labute approximate surface area is 234 Å². The Kier molecular flexibility index (Phi) is 9.52. The first kappa shape index (κ1) is 28.8. The minimum atomic E-state index is -0.856. The summed E-state index contributed by atoms with van der Waals surface area (Å²) < 4.78 is 11.8. The molecular weight excluding hydrogens is 510 g/mol. The number of carbonyl (C=O) groups is 2. The number of carbonyl (C=O) groups excluding carboxylic acids is 1. The van der Waals surface area contributed by atoms with Gasteiger partial charge in [0.05, 0.1) is 31.0 Å². The lowest BCUT2D eigenvalue weighted by Gasteiger charge is -2.33. The first-order valence-electron chi connectivity index (χ1n) is 13.7. The second kappa shape index (κ2) is 13.2. The molecule has 40 heavy (non-hydrogen) atoms. The molecule has 1 aliphatic rings. The van der Waals surface area contributed by atoms with Crippen LogP contribution in [-0.2, 0) is 22.4 Å². The molecule has 1 aromatic carbocycles. The van der Waals surface area contributed by atoms with Crippen molar-refractivity contribution in [2.45, 2.75) is 59.0 Å². The van der Waals surface area contributed by atoms with Gasteiger partial charge in [-0.1, -0.05) is 24.3 Å². The van der Waals surface area contributed by atoms with E-state index in [1.54, 1.807) is 26.2 Å². The minimum Gasteiger partial charge on any atom is -0.488 e. The highest BCUT2D eigenvalue weighted by Gasteiger charge is 2.27. The molecule has 10 nitrogen and oxygen atoms in total. The first-order chi connectivity index (χ1) is 19.2. The molecule has 1 fully saturated rings. The van der Waals surface area contributed by atoms with E-state index in [9.17, 15) is 14.7 Å². The molecule has 1 atom stereocenters. The van der Waals surface area contributed by atoms with E-state index in [1.165, 1.54) is 6.20 Å². The van der Waals surface area contributed by atoms with Crippen molar-refractivity contribution in [3.05, 3.63) is 66.1 Å². The van der Waals surface area contributed by atoms with Crippen LogP contribution in [0.25, 0.3) is 0 Å². The summed E-state index contributed by atoms with van der Waals surface area (Å²) in [6, 6.07) is 11.4. The van der Waals surface area contributed by atoms with Gasteiger partial charge in [-0.25, -0.2) is 9.97 Å². The van der Waals surface area contributed by atoms with Gasteiger partial charge in [-0.05, 0) is 69.7 Å². The van der Waals surface area contributed by atoms with Crippen LogP contribution in [0.5, 0.6) is 11.6 Å². The zero-order valence-corrected chi connectivity index (χ0v) is 23.3. The van der Waals surface area contributed by atoms with Crippen molar-refractivity contribution in [2.24, 2.45) is 5.41 Å².